The number of aryl methyl sites for hydroxylation is 4. The second-order valence-corrected chi connectivity index (χ2v) is 14.1. The van der Waals surface area contributed by atoms with Gasteiger partial charge in [0.15, 0.2) is 16.6 Å². The Labute approximate surface area is 303 Å². The zero-order chi connectivity index (χ0) is 39.8. The van der Waals surface area contributed by atoms with Crippen LogP contribution in [0.1, 0.15) is 75.6 Å². The van der Waals surface area contributed by atoms with Crippen LogP contribution in [0.3, 0.4) is 0 Å². The van der Waals surface area contributed by atoms with Crippen LogP contribution in [0, 0.1) is 20.6 Å². The van der Waals surface area contributed by atoms with Gasteiger partial charge in [0.1, 0.15) is 16.8 Å². The Morgan fingerprint density at radius 3 is 1.92 bits per heavy atom. The van der Waals surface area contributed by atoms with Gasteiger partial charge in [-0.05, 0) is 102 Å². The molecule has 6 aromatic carbocycles. The summed E-state index contributed by atoms with van der Waals surface area (Å²) in [6.07, 6.45) is 0. The number of benzene rings is 6. The van der Waals surface area contributed by atoms with E-state index in [4.69, 9.17) is 12.6 Å². The lowest BCUT2D eigenvalue weighted by atomic mass is 9.87. The van der Waals surface area contributed by atoms with E-state index in [0.29, 0.717) is 16.4 Å². The number of furan rings is 1. The fourth-order valence-electron chi connectivity index (χ4n) is 7.61. The fourth-order valence-corrected chi connectivity index (χ4v) is 7.61. The van der Waals surface area contributed by atoms with E-state index in [0.717, 1.165) is 44.8 Å². The molecule has 3 heteroatoms. The summed E-state index contributed by atoms with van der Waals surface area (Å²) in [5.74, 6) is 1.20. The summed E-state index contributed by atoms with van der Waals surface area (Å²) in [6, 6.07) is 39.0. The number of hydrogen-bond donors (Lipinski definition) is 0. The summed E-state index contributed by atoms with van der Waals surface area (Å²) in [7, 11) is 2.06. The van der Waals surface area contributed by atoms with Gasteiger partial charge < -0.3 is 4.42 Å². The summed E-state index contributed by atoms with van der Waals surface area (Å²) >= 11 is 0. The van der Waals surface area contributed by atoms with E-state index in [2.05, 4.69) is 123 Å². The molecule has 0 radical (unpaired) electrons. The quantitative estimate of drug-likeness (QED) is 0.163. The van der Waals surface area contributed by atoms with E-state index in [-0.39, 0.29) is 28.5 Å². The Morgan fingerprint density at radius 2 is 1.26 bits per heavy atom. The van der Waals surface area contributed by atoms with E-state index < -0.39 is 13.7 Å². The third-order valence-electron chi connectivity index (χ3n) is 10.1. The summed E-state index contributed by atoms with van der Waals surface area (Å²) in [5, 5.41) is 1.14. The largest absolute Gasteiger partial charge is 0.455 e. The molecule has 0 aliphatic rings. The highest BCUT2D eigenvalue weighted by molar-refractivity contribution is 6.11. The molecule has 0 spiro atoms. The van der Waals surface area contributed by atoms with Crippen LogP contribution in [0.15, 0.2) is 120 Å². The Kier molecular flexibility index (Phi) is 6.22. The number of fused-ring (bicyclic) bond motifs is 4. The molecule has 2 aromatic heterocycles. The SMILES string of the molecule is [2H]C([2H])([2H])c1cc(C([2H])([2H])[2H])c2oc3c(-c4n(-c5c(C(C)C)cc(-c6ccc(-c7ccccc7)cc6)cc5C(C)C)c5ccccc5[n+]4C)c(C)ccc3c2c1. The number of rotatable bonds is 6. The average Bonchev–Trinajstić information content (AvgIpc) is 3.68. The smallest absolute Gasteiger partial charge is 0.299 e. The Hall–Kier alpha value is -5.41. The molecule has 0 fully saturated rings. The van der Waals surface area contributed by atoms with Crippen LogP contribution >= 0.6 is 0 Å². The van der Waals surface area contributed by atoms with Gasteiger partial charge in [-0.2, -0.15) is 4.57 Å². The minimum atomic E-state index is -2.59. The number of aromatic nitrogens is 2. The summed E-state index contributed by atoms with van der Waals surface area (Å²) in [4.78, 5) is 0. The molecule has 0 bridgehead atoms. The first-order chi connectivity index (χ1) is 26.5. The fraction of sp³-hybridized carbons (Fsp3) is 0.213. The maximum Gasteiger partial charge on any atom is 0.299 e. The first-order valence-electron chi connectivity index (χ1n) is 20.4. The van der Waals surface area contributed by atoms with Crippen molar-refractivity contribution in [3.05, 3.63) is 143 Å². The Bertz CT molecular complexity index is 2760. The highest BCUT2D eigenvalue weighted by atomic mass is 16.3. The molecule has 0 N–H and O–H groups in total. The van der Waals surface area contributed by atoms with Crippen LogP contribution < -0.4 is 4.57 Å². The van der Waals surface area contributed by atoms with Crippen molar-refractivity contribution in [2.75, 3.05) is 0 Å². The molecular weight excluding hydrogens is 609 g/mol. The number of para-hydroxylation sites is 2. The van der Waals surface area contributed by atoms with Crippen molar-refractivity contribution < 1.29 is 17.2 Å². The van der Waals surface area contributed by atoms with Gasteiger partial charge in [0, 0.05) is 30.1 Å². The van der Waals surface area contributed by atoms with Crippen LogP contribution in [-0.2, 0) is 7.05 Å². The predicted octanol–water partition coefficient (Wildman–Crippen LogP) is 12.5. The zero-order valence-corrected chi connectivity index (χ0v) is 29.4. The van der Waals surface area contributed by atoms with Crippen molar-refractivity contribution in [2.24, 2.45) is 7.05 Å². The van der Waals surface area contributed by atoms with E-state index in [1.54, 1.807) is 6.07 Å². The van der Waals surface area contributed by atoms with Crippen LogP contribution in [0.2, 0.25) is 0 Å². The summed E-state index contributed by atoms with van der Waals surface area (Å²) in [6.45, 7) is 5.89. The number of imidazole rings is 1. The van der Waals surface area contributed by atoms with Crippen LogP contribution in [0.5, 0.6) is 0 Å². The predicted molar refractivity (Wildman–Crippen MR) is 210 cm³/mol. The van der Waals surface area contributed by atoms with Gasteiger partial charge >= 0.3 is 0 Å². The standard InChI is InChI=1S/C47H45N2O/c1-28(2)38-26-36(35-21-19-34(20-22-35)33-14-10-9-11-15-33)27-39(29(3)4)44(38)49-42-17-13-12-16-41(42)48(8)47(49)43-31(6)18-23-37-40-25-30(5)24-32(7)45(40)50-46(37)43/h9-29H,1-8H3/q+1/i5D3,7D3. The van der Waals surface area contributed by atoms with E-state index in [1.165, 1.54) is 28.3 Å². The van der Waals surface area contributed by atoms with Crippen molar-refractivity contribution in [2.45, 2.75) is 60.2 Å². The van der Waals surface area contributed by atoms with Crippen molar-refractivity contribution in [1.82, 2.24) is 4.57 Å². The molecular formula is C47H45N2O+. The monoisotopic (exact) mass is 659 g/mol. The summed E-state index contributed by atoms with van der Waals surface area (Å²) < 4.78 is 60.9. The molecule has 50 heavy (non-hydrogen) atoms. The first-order valence-corrected chi connectivity index (χ1v) is 17.4. The minimum absolute atomic E-state index is 0.0291. The van der Waals surface area contributed by atoms with Crippen molar-refractivity contribution in [3.8, 4) is 39.3 Å². The maximum atomic E-state index is 8.38. The minimum Gasteiger partial charge on any atom is -0.455 e. The van der Waals surface area contributed by atoms with Gasteiger partial charge in [0.2, 0.25) is 0 Å². The van der Waals surface area contributed by atoms with Gasteiger partial charge in [-0.1, -0.05) is 113 Å². The van der Waals surface area contributed by atoms with Crippen LogP contribution in [-0.4, -0.2) is 4.57 Å². The number of nitrogens with zero attached hydrogens (tertiary/aromatic N) is 2. The lowest BCUT2D eigenvalue weighted by Gasteiger charge is -2.21. The van der Waals surface area contributed by atoms with Crippen LogP contribution in [0.25, 0.3) is 72.3 Å². The lowest BCUT2D eigenvalue weighted by Crippen LogP contribution is -2.30. The highest BCUT2D eigenvalue weighted by Crippen LogP contribution is 2.43. The molecule has 0 unspecified atom stereocenters. The van der Waals surface area contributed by atoms with Gasteiger partial charge in [-0.15, -0.1) is 0 Å². The summed E-state index contributed by atoms with van der Waals surface area (Å²) in [5.41, 5.74) is 12.5. The number of hydrogen-bond acceptors (Lipinski definition) is 1. The Morgan fingerprint density at radius 1 is 0.620 bits per heavy atom. The normalized spacial score (nSPS) is 14.2. The highest BCUT2D eigenvalue weighted by Gasteiger charge is 2.34. The van der Waals surface area contributed by atoms with E-state index >= 15 is 0 Å². The van der Waals surface area contributed by atoms with Gasteiger partial charge in [0.25, 0.3) is 5.82 Å². The molecule has 0 aliphatic carbocycles. The van der Waals surface area contributed by atoms with Crippen molar-refractivity contribution >= 4 is 33.0 Å². The van der Waals surface area contributed by atoms with Gasteiger partial charge in [-0.25, -0.2) is 4.57 Å². The second-order valence-electron chi connectivity index (χ2n) is 14.1. The molecule has 2 heterocycles. The second kappa shape index (κ2) is 12.2. The lowest BCUT2D eigenvalue weighted by molar-refractivity contribution is -0.633. The molecule has 248 valence electrons. The van der Waals surface area contributed by atoms with Crippen LogP contribution in [0.4, 0.5) is 0 Å². The molecule has 0 amide bonds. The van der Waals surface area contributed by atoms with Crippen molar-refractivity contribution in [1.29, 1.82) is 0 Å². The molecule has 8 rings (SSSR count). The van der Waals surface area contributed by atoms with E-state index in [9.17, 15) is 0 Å². The molecule has 8 aromatic rings. The molecule has 0 saturated carbocycles. The maximum absolute atomic E-state index is 8.38. The van der Waals surface area contributed by atoms with E-state index in [1.807, 2.05) is 31.2 Å². The molecule has 3 nitrogen and oxygen atoms in total. The Balaban J connectivity index is 1.44. The molecule has 0 saturated heterocycles. The van der Waals surface area contributed by atoms with Crippen molar-refractivity contribution in [3.63, 3.8) is 0 Å². The topological polar surface area (TPSA) is 21.9 Å². The van der Waals surface area contributed by atoms with Gasteiger partial charge in [-0.3, -0.25) is 0 Å². The van der Waals surface area contributed by atoms with Gasteiger partial charge in [0.05, 0.1) is 7.05 Å². The third kappa shape index (κ3) is 5.07. The average molecular weight is 660 g/mol. The zero-order valence-electron chi connectivity index (χ0n) is 35.4. The third-order valence-corrected chi connectivity index (χ3v) is 10.1. The molecule has 0 atom stereocenters. The first kappa shape index (κ1) is 25.5. The molecule has 0 aliphatic heterocycles.